The maximum atomic E-state index is 12.9. The number of methoxy groups -OCH3 is 1. The van der Waals surface area contributed by atoms with Crippen molar-refractivity contribution in [1.82, 2.24) is 4.90 Å². The molecular formula is C27H37NO5. The van der Waals surface area contributed by atoms with Gasteiger partial charge in [0.15, 0.2) is 0 Å². The highest BCUT2D eigenvalue weighted by molar-refractivity contribution is 5.78. The molecule has 0 fully saturated rings. The maximum Gasteiger partial charge on any atom is 0.412 e. The molecule has 2 rings (SSSR count). The van der Waals surface area contributed by atoms with Gasteiger partial charge in [-0.15, -0.1) is 0 Å². The van der Waals surface area contributed by atoms with Gasteiger partial charge in [0.1, 0.15) is 17.9 Å². The van der Waals surface area contributed by atoms with Gasteiger partial charge in [0.2, 0.25) is 0 Å². The Kier molecular flexibility index (Phi) is 9.06. The number of carbonyl (C=O) groups is 2. The fourth-order valence-electron chi connectivity index (χ4n) is 3.33. The van der Waals surface area contributed by atoms with E-state index in [-0.39, 0.29) is 18.5 Å². The molecule has 1 atom stereocenters. The predicted octanol–water partition coefficient (Wildman–Crippen LogP) is 6.04. The van der Waals surface area contributed by atoms with Crippen molar-refractivity contribution in [3.63, 3.8) is 0 Å². The van der Waals surface area contributed by atoms with Gasteiger partial charge in [-0.05, 0) is 57.7 Å². The van der Waals surface area contributed by atoms with Crippen molar-refractivity contribution in [2.75, 3.05) is 7.11 Å². The number of hydrogen-bond donors (Lipinski definition) is 0. The number of rotatable bonds is 9. The number of nitrogens with zero attached hydrogens (tertiary/aromatic N) is 1. The minimum absolute atomic E-state index is 0.184. The summed E-state index contributed by atoms with van der Waals surface area (Å²) in [5.41, 5.74) is 1.31. The first kappa shape index (κ1) is 26.4. The molecule has 2 aromatic rings. The summed E-state index contributed by atoms with van der Waals surface area (Å²) in [4.78, 5) is 27.1. The number of esters is 1. The molecule has 1 unspecified atom stereocenters. The Balaban J connectivity index is 2.14. The summed E-state index contributed by atoms with van der Waals surface area (Å²) in [6.07, 6.45) is 0.179. The largest absolute Gasteiger partial charge is 0.459 e. The molecule has 0 radical (unpaired) electrons. The van der Waals surface area contributed by atoms with Crippen molar-refractivity contribution in [2.45, 2.75) is 78.4 Å². The van der Waals surface area contributed by atoms with Crippen LogP contribution in [0.15, 0.2) is 54.6 Å². The fourth-order valence-corrected chi connectivity index (χ4v) is 3.33. The lowest BCUT2D eigenvalue weighted by atomic mass is 9.95. The Morgan fingerprint density at radius 1 is 0.909 bits per heavy atom. The molecule has 0 aliphatic heterocycles. The molecule has 6 nitrogen and oxygen atoms in total. The third kappa shape index (κ3) is 7.90. The Labute approximate surface area is 197 Å². The monoisotopic (exact) mass is 455 g/mol. The molecule has 0 heterocycles. The van der Waals surface area contributed by atoms with E-state index in [1.165, 1.54) is 0 Å². The topological polar surface area (TPSA) is 65.1 Å². The molecule has 1 amide bonds. The van der Waals surface area contributed by atoms with Crippen molar-refractivity contribution >= 4 is 12.1 Å². The zero-order valence-electron chi connectivity index (χ0n) is 20.9. The first-order valence-corrected chi connectivity index (χ1v) is 11.3. The second-order valence-corrected chi connectivity index (χ2v) is 9.51. The van der Waals surface area contributed by atoms with Crippen LogP contribution in [0.5, 0.6) is 0 Å². The van der Waals surface area contributed by atoms with Gasteiger partial charge in [0, 0.05) is 7.11 Å². The van der Waals surface area contributed by atoms with Crippen LogP contribution >= 0.6 is 0 Å². The van der Waals surface area contributed by atoms with E-state index < -0.39 is 17.4 Å². The summed E-state index contributed by atoms with van der Waals surface area (Å²) in [5.74, 6) is -0.565. The molecule has 0 bridgehead atoms. The van der Waals surface area contributed by atoms with Gasteiger partial charge >= 0.3 is 12.1 Å². The second kappa shape index (κ2) is 11.3. The van der Waals surface area contributed by atoms with Crippen molar-refractivity contribution in [3.8, 4) is 0 Å². The lowest BCUT2D eigenvalue weighted by Gasteiger charge is -2.36. The van der Waals surface area contributed by atoms with Gasteiger partial charge in [-0.25, -0.2) is 4.79 Å². The third-order valence-corrected chi connectivity index (χ3v) is 5.40. The fraction of sp³-hybridized carbons (Fsp3) is 0.481. The number of hydrogen-bond acceptors (Lipinski definition) is 5. The Bertz CT molecular complexity index is 900. The average molecular weight is 456 g/mol. The predicted molar refractivity (Wildman–Crippen MR) is 129 cm³/mol. The highest BCUT2D eigenvalue weighted by atomic mass is 16.6. The number of carbonyl (C=O) groups excluding carboxylic acids is 2. The Morgan fingerprint density at radius 3 is 2.03 bits per heavy atom. The van der Waals surface area contributed by atoms with Gasteiger partial charge < -0.3 is 14.2 Å². The van der Waals surface area contributed by atoms with Crippen LogP contribution in [-0.2, 0) is 32.2 Å². The van der Waals surface area contributed by atoms with Crippen LogP contribution < -0.4 is 0 Å². The lowest BCUT2D eigenvalue weighted by molar-refractivity contribution is -0.156. The molecule has 0 saturated carbocycles. The Morgan fingerprint density at radius 2 is 1.52 bits per heavy atom. The quantitative estimate of drug-likeness (QED) is 0.340. The van der Waals surface area contributed by atoms with E-state index in [2.05, 4.69) is 0 Å². The van der Waals surface area contributed by atoms with E-state index in [1.807, 2.05) is 96.1 Å². The number of amides is 1. The van der Waals surface area contributed by atoms with Crippen LogP contribution in [0.3, 0.4) is 0 Å². The summed E-state index contributed by atoms with van der Waals surface area (Å²) < 4.78 is 16.7. The van der Waals surface area contributed by atoms with E-state index in [1.54, 1.807) is 12.0 Å². The third-order valence-electron chi connectivity index (χ3n) is 5.40. The second-order valence-electron chi connectivity index (χ2n) is 9.51. The van der Waals surface area contributed by atoms with Gasteiger partial charge in [-0.3, -0.25) is 9.69 Å². The molecule has 180 valence electrons. The maximum absolute atomic E-state index is 12.9. The van der Waals surface area contributed by atoms with Gasteiger partial charge in [0.05, 0.1) is 12.5 Å². The molecular weight excluding hydrogens is 418 g/mol. The molecule has 0 aliphatic carbocycles. The van der Waals surface area contributed by atoms with E-state index >= 15 is 0 Å². The summed E-state index contributed by atoms with van der Waals surface area (Å²) in [7, 11) is 1.56. The van der Waals surface area contributed by atoms with Gasteiger partial charge in [-0.1, -0.05) is 61.5 Å². The van der Waals surface area contributed by atoms with E-state index in [0.717, 1.165) is 16.7 Å². The molecule has 0 saturated heterocycles. The summed E-state index contributed by atoms with van der Waals surface area (Å²) >= 11 is 0. The molecule has 0 aromatic heterocycles. The van der Waals surface area contributed by atoms with Crippen LogP contribution in [0.2, 0.25) is 0 Å². The lowest BCUT2D eigenvalue weighted by Crippen LogP contribution is -2.48. The Hall–Kier alpha value is -2.86. The van der Waals surface area contributed by atoms with Crippen LogP contribution in [0.4, 0.5) is 4.79 Å². The summed E-state index contributed by atoms with van der Waals surface area (Å²) in [6.45, 7) is 11.7. The van der Waals surface area contributed by atoms with Crippen molar-refractivity contribution in [1.29, 1.82) is 0 Å². The summed E-state index contributed by atoms with van der Waals surface area (Å²) in [6, 6.07) is 17.2. The van der Waals surface area contributed by atoms with Crippen LogP contribution in [-0.4, -0.2) is 35.4 Å². The minimum atomic E-state index is -0.866. The zero-order chi connectivity index (χ0) is 24.6. The minimum Gasteiger partial charge on any atom is -0.459 e. The van der Waals surface area contributed by atoms with Gasteiger partial charge in [0.25, 0.3) is 0 Å². The molecule has 0 spiro atoms. The summed E-state index contributed by atoms with van der Waals surface area (Å²) in [5, 5.41) is 0. The normalized spacial score (nSPS) is 12.7. The van der Waals surface area contributed by atoms with Crippen LogP contribution in [0.1, 0.15) is 70.6 Å². The highest BCUT2D eigenvalue weighted by Crippen LogP contribution is 2.26. The first-order chi connectivity index (χ1) is 15.5. The number of benzene rings is 2. The average Bonchev–Trinajstić information content (AvgIpc) is 2.76. The smallest absolute Gasteiger partial charge is 0.412 e. The zero-order valence-corrected chi connectivity index (χ0v) is 20.9. The van der Waals surface area contributed by atoms with Crippen LogP contribution in [0.25, 0.3) is 0 Å². The first-order valence-electron chi connectivity index (χ1n) is 11.3. The number of ether oxygens (including phenoxy) is 3. The SMILES string of the molecule is CCC(C(=O)OC(C)(C)C)c1ccc(CN(C(=O)OCc2ccccc2)C(C)(C)OC)cc1. The molecule has 2 aromatic carbocycles. The van der Waals surface area contributed by atoms with Crippen molar-refractivity contribution in [2.24, 2.45) is 0 Å². The standard InChI is InChI=1S/C27H37NO5/c1-8-23(24(29)33-26(2,3)4)22-16-14-20(15-17-22)18-28(27(5,6)31-7)25(30)32-19-21-12-10-9-11-13-21/h9-17,23H,8,18-19H2,1-7H3. The molecule has 0 aliphatic rings. The van der Waals surface area contributed by atoms with Crippen LogP contribution in [0, 0.1) is 0 Å². The van der Waals surface area contributed by atoms with Gasteiger partial charge in [-0.2, -0.15) is 0 Å². The van der Waals surface area contributed by atoms with E-state index in [0.29, 0.717) is 13.0 Å². The van der Waals surface area contributed by atoms with E-state index in [4.69, 9.17) is 14.2 Å². The highest BCUT2D eigenvalue weighted by Gasteiger charge is 2.32. The van der Waals surface area contributed by atoms with Crippen molar-refractivity contribution < 1.29 is 23.8 Å². The molecule has 6 heteroatoms. The molecule has 33 heavy (non-hydrogen) atoms. The molecule has 0 N–H and O–H groups in total. The van der Waals surface area contributed by atoms with E-state index in [9.17, 15) is 9.59 Å². The van der Waals surface area contributed by atoms with Crippen molar-refractivity contribution in [3.05, 3.63) is 71.3 Å².